The minimum absolute atomic E-state index is 0.0482. The number of hydrogen-bond acceptors (Lipinski definition) is 3. The number of nitrogens with one attached hydrogen (secondary N) is 1. The summed E-state index contributed by atoms with van der Waals surface area (Å²) in [7, 11) is 0. The summed E-state index contributed by atoms with van der Waals surface area (Å²) in [6.45, 7) is 1.65. The van der Waals surface area contributed by atoms with Gasteiger partial charge in [0, 0.05) is 24.8 Å². The zero-order valence-electron chi connectivity index (χ0n) is 15.2. The second-order valence-corrected chi connectivity index (χ2v) is 7.71. The molecule has 140 valence electrons. The number of carboxylic acid groups (broad SMARTS) is 1. The van der Waals surface area contributed by atoms with Gasteiger partial charge in [0.2, 0.25) is 5.91 Å². The molecule has 1 aliphatic heterocycles. The van der Waals surface area contributed by atoms with Crippen LogP contribution >= 0.6 is 0 Å². The summed E-state index contributed by atoms with van der Waals surface area (Å²) in [6.07, 6.45) is 1.73. The number of nitrogens with zero attached hydrogens (tertiary/aromatic N) is 1. The predicted octanol–water partition coefficient (Wildman–Crippen LogP) is 2.64. The number of anilines is 1. The van der Waals surface area contributed by atoms with Gasteiger partial charge in [0.25, 0.3) is 0 Å². The number of rotatable bonds is 5. The van der Waals surface area contributed by atoms with E-state index in [1.807, 2.05) is 42.5 Å². The van der Waals surface area contributed by atoms with Crippen LogP contribution in [-0.4, -0.2) is 36.1 Å². The monoisotopic (exact) mass is 364 g/mol. The first kappa shape index (κ1) is 17.6. The van der Waals surface area contributed by atoms with Crippen LogP contribution in [0.3, 0.4) is 0 Å². The third-order valence-electron chi connectivity index (χ3n) is 5.79. The lowest BCUT2D eigenvalue weighted by atomic mass is 9.80. The van der Waals surface area contributed by atoms with Gasteiger partial charge in [-0.2, -0.15) is 0 Å². The fourth-order valence-corrected chi connectivity index (χ4v) is 4.44. The molecule has 5 nitrogen and oxygen atoms in total. The number of aliphatic carboxylic acids is 1. The maximum Gasteiger partial charge on any atom is 0.304 e. The van der Waals surface area contributed by atoms with E-state index in [-0.39, 0.29) is 18.4 Å². The van der Waals surface area contributed by atoms with E-state index in [1.165, 1.54) is 0 Å². The fraction of sp³-hybridized carbons (Fsp3) is 0.364. The number of fused-ring (bicyclic) bond motifs is 1. The number of hydrogen-bond donors (Lipinski definition) is 2. The van der Waals surface area contributed by atoms with Crippen LogP contribution in [0.5, 0.6) is 0 Å². The maximum atomic E-state index is 13.2. The summed E-state index contributed by atoms with van der Waals surface area (Å²) in [5.74, 6) is -1.05. The van der Waals surface area contributed by atoms with Crippen molar-refractivity contribution >= 4 is 17.6 Å². The van der Waals surface area contributed by atoms with Gasteiger partial charge < -0.3 is 15.3 Å². The molecule has 2 aromatic rings. The molecule has 0 saturated carbocycles. The Kier molecular flexibility index (Phi) is 4.60. The smallest absolute Gasteiger partial charge is 0.304 e. The Morgan fingerprint density at radius 3 is 2.30 bits per heavy atom. The van der Waals surface area contributed by atoms with Gasteiger partial charge in [-0.25, -0.2) is 0 Å². The van der Waals surface area contributed by atoms with Gasteiger partial charge in [0.1, 0.15) is 0 Å². The Morgan fingerprint density at radius 2 is 1.67 bits per heavy atom. The van der Waals surface area contributed by atoms with Gasteiger partial charge in [-0.05, 0) is 42.5 Å². The van der Waals surface area contributed by atoms with Crippen LogP contribution in [0.25, 0.3) is 0 Å². The highest BCUT2D eigenvalue weighted by atomic mass is 16.4. The lowest BCUT2D eigenvalue weighted by Crippen LogP contribution is -2.48. The number of para-hydroxylation sites is 1. The van der Waals surface area contributed by atoms with Gasteiger partial charge in [-0.1, -0.05) is 42.5 Å². The molecule has 4 rings (SSSR count). The highest BCUT2D eigenvalue weighted by Gasteiger charge is 2.46. The molecule has 0 bridgehead atoms. The number of carboxylic acids is 1. The molecule has 1 unspecified atom stereocenters. The predicted molar refractivity (Wildman–Crippen MR) is 104 cm³/mol. The lowest BCUT2D eigenvalue weighted by molar-refractivity contribution is -0.145. The normalized spacial score (nSPS) is 20.3. The first-order valence-electron chi connectivity index (χ1n) is 9.45. The van der Waals surface area contributed by atoms with Crippen molar-refractivity contribution in [3.63, 3.8) is 0 Å². The van der Waals surface area contributed by atoms with E-state index in [2.05, 4.69) is 22.3 Å². The minimum atomic E-state index is -0.921. The van der Waals surface area contributed by atoms with Crippen molar-refractivity contribution < 1.29 is 14.7 Å². The van der Waals surface area contributed by atoms with E-state index in [9.17, 15) is 14.7 Å². The SMILES string of the molecule is O=C(O)CC1(C(=O)NC2CCN(c3ccccc3)C2)Cc2ccccc2C1. The van der Waals surface area contributed by atoms with Crippen LogP contribution in [0.15, 0.2) is 54.6 Å². The fourth-order valence-electron chi connectivity index (χ4n) is 4.44. The summed E-state index contributed by atoms with van der Waals surface area (Å²) in [6, 6.07) is 18.1. The molecule has 0 aromatic heterocycles. The highest BCUT2D eigenvalue weighted by Crippen LogP contribution is 2.40. The van der Waals surface area contributed by atoms with Crippen molar-refractivity contribution in [2.45, 2.75) is 31.7 Å². The van der Waals surface area contributed by atoms with Crippen LogP contribution in [0, 0.1) is 5.41 Å². The summed E-state index contributed by atoms with van der Waals surface area (Å²) >= 11 is 0. The zero-order valence-corrected chi connectivity index (χ0v) is 15.2. The van der Waals surface area contributed by atoms with Crippen LogP contribution in [0.4, 0.5) is 5.69 Å². The van der Waals surface area contributed by atoms with Crippen molar-refractivity contribution in [1.29, 1.82) is 0 Å². The van der Waals surface area contributed by atoms with Crippen molar-refractivity contribution in [2.24, 2.45) is 5.41 Å². The van der Waals surface area contributed by atoms with Gasteiger partial charge in [-0.3, -0.25) is 9.59 Å². The van der Waals surface area contributed by atoms with E-state index in [0.717, 1.165) is 36.3 Å². The van der Waals surface area contributed by atoms with E-state index >= 15 is 0 Å². The Bertz CT molecular complexity index is 825. The summed E-state index contributed by atoms with van der Waals surface area (Å²) in [5.41, 5.74) is 2.45. The molecule has 27 heavy (non-hydrogen) atoms. The molecule has 1 heterocycles. The van der Waals surface area contributed by atoms with Crippen molar-refractivity contribution in [1.82, 2.24) is 5.32 Å². The molecule has 1 atom stereocenters. The summed E-state index contributed by atoms with van der Waals surface area (Å²) in [4.78, 5) is 26.9. The molecular weight excluding hydrogens is 340 g/mol. The molecule has 1 amide bonds. The first-order valence-corrected chi connectivity index (χ1v) is 9.45. The Labute approximate surface area is 159 Å². The lowest BCUT2D eigenvalue weighted by Gasteiger charge is -2.28. The standard InChI is InChI=1S/C22H24N2O3/c25-20(26)14-22(12-16-6-4-5-7-17(16)13-22)21(27)23-18-10-11-24(15-18)19-8-2-1-3-9-19/h1-9,18H,10-15H2,(H,23,27)(H,25,26). The molecule has 2 aliphatic rings. The number of carbonyl (C=O) groups is 2. The molecule has 1 aliphatic carbocycles. The van der Waals surface area contributed by atoms with Crippen LogP contribution in [0.2, 0.25) is 0 Å². The first-order chi connectivity index (χ1) is 13.1. The number of carbonyl (C=O) groups excluding carboxylic acids is 1. The Morgan fingerprint density at radius 1 is 1.04 bits per heavy atom. The topological polar surface area (TPSA) is 69.6 Å². The third-order valence-corrected chi connectivity index (χ3v) is 5.79. The largest absolute Gasteiger partial charge is 0.481 e. The second-order valence-electron chi connectivity index (χ2n) is 7.71. The summed E-state index contributed by atoms with van der Waals surface area (Å²) in [5, 5.41) is 12.6. The van der Waals surface area contributed by atoms with E-state index < -0.39 is 11.4 Å². The minimum Gasteiger partial charge on any atom is -0.481 e. The van der Waals surface area contributed by atoms with Gasteiger partial charge in [0.05, 0.1) is 11.8 Å². The van der Waals surface area contributed by atoms with Crippen molar-refractivity contribution in [2.75, 3.05) is 18.0 Å². The molecular formula is C22H24N2O3. The highest BCUT2D eigenvalue weighted by molar-refractivity contribution is 5.88. The number of benzene rings is 2. The molecule has 5 heteroatoms. The van der Waals surface area contributed by atoms with Crippen LogP contribution in [0.1, 0.15) is 24.0 Å². The number of amides is 1. The van der Waals surface area contributed by atoms with E-state index in [4.69, 9.17) is 0 Å². The van der Waals surface area contributed by atoms with Crippen molar-refractivity contribution in [3.05, 3.63) is 65.7 Å². The quantitative estimate of drug-likeness (QED) is 0.856. The maximum absolute atomic E-state index is 13.2. The van der Waals surface area contributed by atoms with Crippen LogP contribution in [-0.2, 0) is 22.4 Å². The molecule has 1 saturated heterocycles. The van der Waals surface area contributed by atoms with Gasteiger partial charge in [-0.15, -0.1) is 0 Å². The molecule has 0 radical (unpaired) electrons. The van der Waals surface area contributed by atoms with Crippen LogP contribution < -0.4 is 10.2 Å². The molecule has 2 aromatic carbocycles. The molecule has 0 spiro atoms. The van der Waals surface area contributed by atoms with Gasteiger partial charge in [0.15, 0.2) is 0 Å². The molecule has 2 N–H and O–H groups in total. The second kappa shape index (κ2) is 7.06. The zero-order chi connectivity index (χ0) is 18.9. The Balaban J connectivity index is 1.47. The third kappa shape index (κ3) is 3.54. The van der Waals surface area contributed by atoms with Gasteiger partial charge >= 0.3 is 5.97 Å². The van der Waals surface area contributed by atoms with Crippen molar-refractivity contribution in [3.8, 4) is 0 Å². The van der Waals surface area contributed by atoms with E-state index in [1.54, 1.807) is 0 Å². The Hall–Kier alpha value is -2.82. The van der Waals surface area contributed by atoms with E-state index in [0.29, 0.717) is 12.8 Å². The average molecular weight is 364 g/mol. The molecule has 1 fully saturated rings. The average Bonchev–Trinajstić information content (AvgIpc) is 3.26. The summed E-state index contributed by atoms with van der Waals surface area (Å²) < 4.78 is 0.